The fourth-order valence-electron chi connectivity index (χ4n) is 4.01. The molecule has 22 heavy (non-hydrogen) atoms. The van der Waals surface area contributed by atoms with Crippen LogP contribution in [0.15, 0.2) is 6.20 Å². The number of carbonyl (C=O) groups is 1. The normalized spacial score (nSPS) is 23.4. The van der Waals surface area contributed by atoms with Gasteiger partial charge in [0.1, 0.15) is 0 Å². The number of rotatable bonds is 4. The van der Waals surface area contributed by atoms with Gasteiger partial charge in [0.15, 0.2) is 0 Å². The topological polar surface area (TPSA) is 70.2 Å². The summed E-state index contributed by atoms with van der Waals surface area (Å²) in [6, 6.07) is 0.120. The summed E-state index contributed by atoms with van der Waals surface area (Å²) in [5, 5.41) is 9.99. The molecule has 0 unspecified atom stereocenters. The second-order valence-corrected chi connectivity index (χ2v) is 6.51. The largest absolute Gasteiger partial charge is 0.379 e. The first-order valence-corrected chi connectivity index (χ1v) is 8.27. The van der Waals surface area contributed by atoms with Gasteiger partial charge < -0.3 is 10.1 Å². The summed E-state index contributed by atoms with van der Waals surface area (Å²) in [6.45, 7) is 7.54. The van der Waals surface area contributed by atoms with E-state index in [1.807, 2.05) is 6.92 Å². The van der Waals surface area contributed by atoms with E-state index >= 15 is 0 Å². The van der Waals surface area contributed by atoms with Crippen molar-refractivity contribution in [3.05, 3.63) is 17.5 Å². The van der Waals surface area contributed by atoms with Gasteiger partial charge in [-0.25, -0.2) is 0 Å². The molecule has 0 bridgehead atoms. The summed E-state index contributed by atoms with van der Waals surface area (Å²) in [5.41, 5.74) is 1.54. The molecule has 2 heterocycles. The Morgan fingerprint density at radius 2 is 2.09 bits per heavy atom. The lowest BCUT2D eigenvalue weighted by Crippen LogP contribution is -2.62. The monoisotopic (exact) mass is 306 g/mol. The quantitative estimate of drug-likeness (QED) is 0.884. The summed E-state index contributed by atoms with van der Waals surface area (Å²) in [6.07, 6.45) is 6.38. The van der Waals surface area contributed by atoms with Gasteiger partial charge in [0.25, 0.3) is 5.91 Å². The number of hydrogen-bond acceptors (Lipinski definition) is 4. The van der Waals surface area contributed by atoms with Crippen LogP contribution in [-0.2, 0) is 4.74 Å². The number of ether oxygens (including phenoxy) is 1. The second-order valence-electron chi connectivity index (χ2n) is 6.51. The molecule has 2 fully saturated rings. The van der Waals surface area contributed by atoms with Gasteiger partial charge in [0.2, 0.25) is 0 Å². The average molecular weight is 306 g/mol. The van der Waals surface area contributed by atoms with Crippen LogP contribution >= 0.6 is 0 Å². The van der Waals surface area contributed by atoms with Crippen molar-refractivity contribution in [1.29, 1.82) is 0 Å². The van der Waals surface area contributed by atoms with Crippen LogP contribution in [0.5, 0.6) is 0 Å². The molecule has 1 aromatic rings. The minimum absolute atomic E-state index is 0.0294. The minimum atomic E-state index is -0.0294. The first-order chi connectivity index (χ1) is 10.6. The maximum atomic E-state index is 12.5. The first kappa shape index (κ1) is 15.5. The molecular formula is C16H26N4O2. The molecule has 6 heteroatoms. The molecular weight excluding hydrogens is 280 g/mol. The maximum Gasteiger partial charge on any atom is 0.255 e. The Labute approximate surface area is 131 Å². The lowest BCUT2D eigenvalue weighted by molar-refractivity contribution is -0.0323. The molecule has 1 aliphatic carbocycles. The predicted molar refractivity (Wildman–Crippen MR) is 83.8 cm³/mol. The van der Waals surface area contributed by atoms with Crippen LogP contribution in [0, 0.1) is 6.92 Å². The number of nitrogens with zero attached hydrogens (tertiary/aromatic N) is 2. The Hall–Kier alpha value is -1.40. The number of carbonyl (C=O) groups excluding carboxylic acids is 1. The van der Waals surface area contributed by atoms with Crippen molar-refractivity contribution in [2.24, 2.45) is 0 Å². The number of aromatic amines is 1. The van der Waals surface area contributed by atoms with Crippen molar-refractivity contribution in [3.63, 3.8) is 0 Å². The Balaban J connectivity index is 1.74. The van der Waals surface area contributed by atoms with Crippen LogP contribution in [0.1, 0.15) is 48.7 Å². The van der Waals surface area contributed by atoms with Crippen molar-refractivity contribution in [1.82, 2.24) is 20.4 Å². The maximum absolute atomic E-state index is 12.5. The number of aryl methyl sites for hydroxylation is 1. The molecule has 0 radical (unpaired) electrons. The Kier molecular flexibility index (Phi) is 4.49. The zero-order chi connectivity index (χ0) is 15.6. The van der Waals surface area contributed by atoms with Gasteiger partial charge in [-0.3, -0.25) is 14.8 Å². The van der Waals surface area contributed by atoms with Gasteiger partial charge in [0, 0.05) is 30.4 Å². The third-order valence-electron chi connectivity index (χ3n) is 5.34. The molecule has 2 N–H and O–H groups in total. The van der Waals surface area contributed by atoms with Gasteiger partial charge in [-0.1, -0.05) is 12.8 Å². The molecule has 1 saturated carbocycles. The highest BCUT2D eigenvalue weighted by atomic mass is 16.5. The van der Waals surface area contributed by atoms with Crippen LogP contribution in [0.4, 0.5) is 0 Å². The lowest BCUT2D eigenvalue weighted by atomic mass is 9.86. The van der Waals surface area contributed by atoms with Gasteiger partial charge in [0.05, 0.1) is 25.0 Å². The van der Waals surface area contributed by atoms with Crippen LogP contribution in [-0.4, -0.2) is 58.9 Å². The number of aromatic nitrogens is 2. The van der Waals surface area contributed by atoms with E-state index in [0.717, 1.165) is 44.8 Å². The Morgan fingerprint density at radius 1 is 1.41 bits per heavy atom. The molecule has 0 aromatic carbocycles. The summed E-state index contributed by atoms with van der Waals surface area (Å²) < 4.78 is 5.50. The van der Waals surface area contributed by atoms with E-state index in [0.29, 0.717) is 5.56 Å². The highest BCUT2D eigenvalue weighted by Gasteiger charge is 2.45. The minimum Gasteiger partial charge on any atom is -0.379 e. The standard InChI is InChI=1S/C16H26N4O2/c1-12-14(11-17-19-12)15(21)18-13(2)16(5-3-4-6-16)20-7-9-22-10-8-20/h11,13H,3-10H2,1-2H3,(H,17,19)(H,18,21)/t13-/m0/s1. The lowest BCUT2D eigenvalue weighted by Gasteiger charge is -2.47. The van der Waals surface area contributed by atoms with Crippen molar-refractivity contribution in [2.45, 2.75) is 51.1 Å². The molecule has 0 spiro atoms. The van der Waals surface area contributed by atoms with Crippen LogP contribution in [0.2, 0.25) is 0 Å². The fraction of sp³-hybridized carbons (Fsp3) is 0.750. The van der Waals surface area contributed by atoms with Crippen molar-refractivity contribution in [2.75, 3.05) is 26.3 Å². The molecule has 2 aliphatic rings. The summed E-state index contributed by atoms with van der Waals surface area (Å²) in [7, 11) is 0. The number of hydrogen-bond donors (Lipinski definition) is 2. The number of morpholine rings is 1. The van der Waals surface area contributed by atoms with Gasteiger partial charge in [-0.15, -0.1) is 0 Å². The molecule has 3 rings (SSSR count). The van der Waals surface area contributed by atoms with E-state index in [1.165, 1.54) is 12.8 Å². The van der Waals surface area contributed by atoms with Crippen LogP contribution in [0.3, 0.4) is 0 Å². The molecule has 1 atom stereocenters. The van der Waals surface area contributed by atoms with Gasteiger partial charge in [-0.2, -0.15) is 5.10 Å². The predicted octanol–water partition coefficient (Wildman–Crippen LogP) is 1.48. The highest BCUT2D eigenvalue weighted by molar-refractivity contribution is 5.95. The van der Waals surface area contributed by atoms with Crippen molar-refractivity contribution < 1.29 is 9.53 Å². The second kappa shape index (κ2) is 6.38. The summed E-state index contributed by atoms with van der Waals surface area (Å²) in [4.78, 5) is 15.0. The SMILES string of the molecule is Cc1[nH]ncc1C(=O)N[C@@H](C)C1(N2CCOCC2)CCCC1. The average Bonchev–Trinajstić information content (AvgIpc) is 3.17. The van der Waals surface area contributed by atoms with Crippen LogP contribution in [0.25, 0.3) is 0 Å². The fourth-order valence-corrected chi connectivity index (χ4v) is 4.01. The van der Waals surface area contributed by atoms with Crippen molar-refractivity contribution >= 4 is 5.91 Å². The highest BCUT2D eigenvalue weighted by Crippen LogP contribution is 2.38. The van der Waals surface area contributed by atoms with Gasteiger partial charge >= 0.3 is 0 Å². The molecule has 6 nitrogen and oxygen atoms in total. The first-order valence-electron chi connectivity index (χ1n) is 8.27. The number of H-pyrrole nitrogens is 1. The van der Waals surface area contributed by atoms with Gasteiger partial charge in [-0.05, 0) is 26.7 Å². The van der Waals surface area contributed by atoms with E-state index in [9.17, 15) is 4.79 Å². The van der Waals surface area contributed by atoms with Crippen molar-refractivity contribution in [3.8, 4) is 0 Å². The van der Waals surface area contributed by atoms with Crippen LogP contribution < -0.4 is 5.32 Å². The summed E-state index contributed by atoms with van der Waals surface area (Å²) in [5.74, 6) is -0.0294. The smallest absolute Gasteiger partial charge is 0.255 e. The van der Waals surface area contributed by atoms with E-state index in [4.69, 9.17) is 4.74 Å². The van der Waals surface area contributed by atoms with E-state index in [-0.39, 0.29) is 17.5 Å². The number of amides is 1. The number of nitrogens with one attached hydrogen (secondary N) is 2. The van der Waals surface area contributed by atoms with E-state index < -0.39 is 0 Å². The molecule has 1 saturated heterocycles. The third kappa shape index (κ3) is 2.77. The zero-order valence-electron chi connectivity index (χ0n) is 13.5. The van der Waals surface area contributed by atoms with E-state index in [2.05, 4.69) is 27.3 Å². The zero-order valence-corrected chi connectivity index (χ0v) is 13.5. The molecule has 122 valence electrons. The Morgan fingerprint density at radius 3 is 2.68 bits per heavy atom. The third-order valence-corrected chi connectivity index (χ3v) is 5.34. The molecule has 1 aromatic heterocycles. The summed E-state index contributed by atoms with van der Waals surface area (Å²) >= 11 is 0. The van der Waals surface area contributed by atoms with E-state index in [1.54, 1.807) is 6.20 Å². The Bertz CT molecular complexity index is 516. The molecule has 1 aliphatic heterocycles. The molecule has 1 amide bonds.